The Morgan fingerprint density at radius 2 is 1.58 bits per heavy atom. The number of carbonyl (C=O) groups excluding carboxylic acids is 1. The fourth-order valence-electron chi connectivity index (χ4n) is 4.11. The van der Waals surface area contributed by atoms with Crippen LogP contribution >= 0.6 is 0 Å². The highest BCUT2D eigenvalue weighted by atomic mass is 16.2. The minimum atomic E-state index is -0.484. The Morgan fingerprint density at radius 1 is 0.871 bits per heavy atom. The van der Waals surface area contributed by atoms with Gasteiger partial charge in [0.25, 0.3) is 5.91 Å². The molecule has 1 heterocycles. The molecule has 1 fully saturated rings. The average Bonchev–Trinajstić information content (AvgIpc) is 2.81. The molecule has 1 aliphatic heterocycles. The van der Waals surface area contributed by atoms with Crippen LogP contribution in [0.15, 0.2) is 72.8 Å². The molecule has 1 atom stereocenters. The fourth-order valence-corrected chi connectivity index (χ4v) is 4.11. The molecule has 2 N–H and O–H groups in total. The smallest absolute Gasteiger partial charge is 0.251 e. The minimum Gasteiger partial charge on any atom is -0.372 e. The Kier molecular flexibility index (Phi) is 6.56. The Morgan fingerprint density at radius 3 is 2.29 bits per heavy atom. The summed E-state index contributed by atoms with van der Waals surface area (Å²) in [7, 11) is 0. The topological polar surface area (TPSA) is 44.4 Å². The molecule has 160 valence electrons. The molecule has 0 unspecified atom stereocenters. The van der Waals surface area contributed by atoms with Crippen LogP contribution in [0.5, 0.6) is 0 Å². The number of amides is 1. The van der Waals surface area contributed by atoms with Crippen molar-refractivity contribution < 1.29 is 4.79 Å². The van der Waals surface area contributed by atoms with Crippen molar-refractivity contribution in [3.8, 4) is 0 Å². The molecule has 3 aromatic rings. The largest absolute Gasteiger partial charge is 0.372 e. The standard InChI is InChI=1S/C27H31N3O/c1-20-11-12-21(2)25(19-20)29-27(31)26(22-9-5-3-6-10-22)28-23-13-15-24(16-14-23)30-17-7-4-8-18-30/h3,5-6,9-16,19,26,28H,4,7-8,17-18H2,1-2H3,(H,29,31)/t26-/m1/s1. The van der Waals surface area contributed by atoms with Gasteiger partial charge >= 0.3 is 0 Å². The zero-order valence-corrected chi connectivity index (χ0v) is 18.4. The second kappa shape index (κ2) is 9.69. The molecule has 0 aromatic heterocycles. The van der Waals surface area contributed by atoms with E-state index in [-0.39, 0.29) is 5.91 Å². The van der Waals surface area contributed by atoms with E-state index in [4.69, 9.17) is 0 Å². The molecule has 1 saturated heterocycles. The van der Waals surface area contributed by atoms with Gasteiger partial charge in [0.1, 0.15) is 6.04 Å². The van der Waals surface area contributed by atoms with E-state index in [1.54, 1.807) is 0 Å². The van der Waals surface area contributed by atoms with Crippen LogP contribution in [-0.4, -0.2) is 19.0 Å². The number of piperidine rings is 1. The molecule has 0 spiro atoms. The van der Waals surface area contributed by atoms with E-state index < -0.39 is 6.04 Å². The van der Waals surface area contributed by atoms with Crippen LogP contribution in [0, 0.1) is 13.8 Å². The minimum absolute atomic E-state index is 0.0694. The Hall–Kier alpha value is -3.27. The average molecular weight is 414 g/mol. The maximum atomic E-state index is 13.3. The van der Waals surface area contributed by atoms with Crippen LogP contribution in [0.1, 0.15) is 42.0 Å². The molecule has 0 aliphatic carbocycles. The van der Waals surface area contributed by atoms with Crippen molar-refractivity contribution in [1.29, 1.82) is 0 Å². The van der Waals surface area contributed by atoms with Gasteiger partial charge in [-0.05, 0) is 80.1 Å². The van der Waals surface area contributed by atoms with E-state index in [1.165, 1.54) is 24.9 Å². The molecule has 3 aromatic carbocycles. The molecule has 4 heteroatoms. The fraction of sp³-hybridized carbons (Fsp3) is 0.296. The van der Waals surface area contributed by atoms with Crippen molar-refractivity contribution >= 4 is 23.0 Å². The van der Waals surface area contributed by atoms with Gasteiger partial charge in [-0.15, -0.1) is 0 Å². The molecule has 0 saturated carbocycles. The quantitative estimate of drug-likeness (QED) is 0.514. The monoisotopic (exact) mass is 413 g/mol. The number of hydrogen-bond donors (Lipinski definition) is 2. The van der Waals surface area contributed by atoms with Crippen molar-refractivity contribution in [3.63, 3.8) is 0 Å². The zero-order valence-electron chi connectivity index (χ0n) is 18.4. The molecule has 0 bridgehead atoms. The van der Waals surface area contributed by atoms with E-state index in [2.05, 4.69) is 45.9 Å². The summed E-state index contributed by atoms with van der Waals surface area (Å²) >= 11 is 0. The van der Waals surface area contributed by atoms with Gasteiger partial charge in [0.05, 0.1) is 0 Å². The number of nitrogens with one attached hydrogen (secondary N) is 2. The van der Waals surface area contributed by atoms with Gasteiger partial charge in [-0.2, -0.15) is 0 Å². The highest BCUT2D eigenvalue weighted by Gasteiger charge is 2.21. The van der Waals surface area contributed by atoms with E-state index in [1.807, 2.05) is 56.3 Å². The van der Waals surface area contributed by atoms with Gasteiger partial charge in [0.2, 0.25) is 0 Å². The summed E-state index contributed by atoms with van der Waals surface area (Å²) in [5.41, 5.74) is 6.15. The summed E-state index contributed by atoms with van der Waals surface area (Å²) in [5.74, 6) is -0.0694. The predicted octanol–water partition coefficient (Wildman–Crippen LogP) is 6.09. The van der Waals surface area contributed by atoms with Gasteiger partial charge in [-0.3, -0.25) is 4.79 Å². The summed E-state index contributed by atoms with van der Waals surface area (Å²) in [6.45, 7) is 6.29. The van der Waals surface area contributed by atoms with Gasteiger partial charge in [0.15, 0.2) is 0 Å². The third kappa shape index (κ3) is 5.26. The Balaban J connectivity index is 1.54. The molecule has 1 aliphatic rings. The first-order valence-corrected chi connectivity index (χ1v) is 11.1. The SMILES string of the molecule is Cc1ccc(C)c(NC(=O)[C@H](Nc2ccc(N3CCCCC3)cc2)c2ccccc2)c1. The molecule has 0 radical (unpaired) electrons. The second-order valence-corrected chi connectivity index (χ2v) is 8.39. The maximum Gasteiger partial charge on any atom is 0.251 e. The van der Waals surface area contributed by atoms with Gasteiger partial charge in [0, 0.05) is 30.2 Å². The van der Waals surface area contributed by atoms with Crippen LogP contribution in [-0.2, 0) is 4.79 Å². The molecular formula is C27H31N3O. The summed E-state index contributed by atoms with van der Waals surface area (Å²) in [5, 5.41) is 6.57. The molecule has 4 nitrogen and oxygen atoms in total. The van der Waals surface area contributed by atoms with E-state index in [9.17, 15) is 4.79 Å². The second-order valence-electron chi connectivity index (χ2n) is 8.39. The Bertz CT molecular complexity index is 1010. The lowest BCUT2D eigenvalue weighted by Crippen LogP contribution is -2.29. The molecule has 31 heavy (non-hydrogen) atoms. The van der Waals surface area contributed by atoms with E-state index in [0.29, 0.717) is 0 Å². The molecular weight excluding hydrogens is 382 g/mol. The van der Waals surface area contributed by atoms with E-state index in [0.717, 1.165) is 41.2 Å². The normalized spacial score (nSPS) is 14.7. The number of hydrogen-bond acceptors (Lipinski definition) is 3. The van der Waals surface area contributed by atoms with Crippen LogP contribution in [0.4, 0.5) is 17.1 Å². The lowest BCUT2D eigenvalue weighted by molar-refractivity contribution is -0.117. The summed E-state index contributed by atoms with van der Waals surface area (Å²) < 4.78 is 0. The van der Waals surface area contributed by atoms with Crippen molar-refractivity contribution in [3.05, 3.63) is 89.5 Å². The lowest BCUT2D eigenvalue weighted by atomic mass is 10.0. The van der Waals surface area contributed by atoms with Gasteiger partial charge in [-0.25, -0.2) is 0 Å². The van der Waals surface area contributed by atoms with Crippen LogP contribution in [0.3, 0.4) is 0 Å². The third-order valence-electron chi connectivity index (χ3n) is 5.95. The van der Waals surface area contributed by atoms with Crippen LogP contribution < -0.4 is 15.5 Å². The number of anilines is 3. The summed E-state index contributed by atoms with van der Waals surface area (Å²) in [6, 6.07) is 24.0. The number of nitrogens with zero attached hydrogens (tertiary/aromatic N) is 1. The first-order chi connectivity index (χ1) is 15.1. The zero-order chi connectivity index (χ0) is 21.6. The molecule has 1 amide bonds. The Labute approximate surface area is 185 Å². The van der Waals surface area contributed by atoms with Crippen LogP contribution in [0.2, 0.25) is 0 Å². The molecule has 4 rings (SSSR count). The van der Waals surface area contributed by atoms with Gasteiger partial charge < -0.3 is 15.5 Å². The number of aryl methyl sites for hydroxylation is 2. The van der Waals surface area contributed by atoms with Crippen molar-refractivity contribution in [2.24, 2.45) is 0 Å². The highest BCUT2D eigenvalue weighted by Crippen LogP contribution is 2.26. The van der Waals surface area contributed by atoms with Crippen LogP contribution in [0.25, 0.3) is 0 Å². The van der Waals surface area contributed by atoms with Crippen molar-refractivity contribution in [2.75, 3.05) is 28.6 Å². The number of rotatable bonds is 6. The summed E-state index contributed by atoms with van der Waals surface area (Å²) in [4.78, 5) is 15.8. The lowest BCUT2D eigenvalue weighted by Gasteiger charge is -2.29. The predicted molar refractivity (Wildman–Crippen MR) is 130 cm³/mol. The van der Waals surface area contributed by atoms with Crippen molar-refractivity contribution in [1.82, 2.24) is 0 Å². The number of carbonyl (C=O) groups is 1. The first-order valence-electron chi connectivity index (χ1n) is 11.1. The van der Waals surface area contributed by atoms with Gasteiger partial charge in [-0.1, -0.05) is 42.5 Å². The van der Waals surface area contributed by atoms with Crippen molar-refractivity contribution in [2.45, 2.75) is 39.2 Å². The maximum absolute atomic E-state index is 13.3. The highest BCUT2D eigenvalue weighted by molar-refractivity contribution is 5.98. The summed E-state index contributed by atoms with van der Waals surface area (Å²) in [6.07, 6.45) is 3.84. The first kappa shape index (κ1) is 21.0. The third-order valence-corrected chi connectivity index (χ3v) is 5.95. The number of benzene rings is 3. The van der Waals surface area contributed by atoms with E-state index >= 15 is 0 Å².